The van der Waals surface area contributed by atoms with Gasteiger partial charge in [-0.3, -0.25) is 9.10 Å². The lowest BCUT2D eigenvalue weighted by atomic mass is 10.2. The third-order valence-electron chi connectivity index (χ3n) is 3.00. The lowest BCUT2D eigenvalue weighted by molar-refractivity contribution is -0.141. The molecule has 0 aliphatic carbocycles. The van der Waals surface area contributed by atoms with Crippen molar-refractivity contribution in [2.75, 3.05) is 17.5 Å². The molecule has 0 radical (unpaired) electrons. The standard InChI is InChI=1S/C15H17NO4S2/c1-3-20-14(17)11-16(13-8-5-4-7-12(13)2)22(18,19)15-9-6-10-21-15/h4-10H,3,11H2,1-2H3. The first-order valence-corrected chi connectivity index (χ1v) is 9.06. The molecule has 0 aliphatic rings. The van der Waals surface area contributed by atoms with Crippen LogP contribution >= 0.6 is 11.3 Å². The zero-order valence-corrected chi connectivity index (χ0v) is 14.0. The number of carbonyl (C=O) groups is 1. The summed E-state index contributed by atoms with van der Waals surface area (Å²) in [6.07, 6.45) is 0. The molecule has 0 atom stereocenters. The van der Waals surface area contributed by atoms with Crippen molar-refractivity contribution in [3.05, 3.63) is 47.3 Å². The number of sulfonamides is 1. The first kappa shape index (κ1) is 16.5. The number of nitrogens with zero attached hydrogens (tertiary/aromatic N) is 1. The van der Waals surface area contributed by atoms with E-state index in [-0.39, 0.29) is 17.4 Å². The van der Waals surface area contributed by atoms with Crippen LogP contribution in [0, 0.1) is 6.92 Å². The maximum absolute atomic E-state index is 12.8. The molecule has 22 heavy (non-hydrogen) atoms. The van der Waals surface area contributed by atoms with Crippen molar-refractivity contribution in [2.24, 2.45) is 0 Å². The second-order valence-electron chi connectivity index (χ2n) is 4.54. The van der Waals surface area contributed by atoms with Crippen LogP contribution in [0.5, 0.6) is 0 Å². The van der Waals surface area contributed by atoms with Gasteiger partial charge in [-0.1, -0.05) is 24.3 Å². The number of carbonyl (C=O) groups excluding carboxylic acids is 1. The summed E-state index contributed by atoms with van der Waals surface area (Å²) >= 11 is 1.12. The molecular formula is C15H17NO4S2. The van der Waals surface area contributed by atoms with E-state index in [0.29, 0.717) is 5.69 Å². The number of benzene rings is 1. The molecule has 2 aromatic rings. The van der Waals surface area contributed by atoms with Gasteiger partial charge in [0.2, 0.25) is 0 Å². The summed E-state index contributed by atoms with van der Waals surface area (Å²) < 4.78 is 31.8. The van der Waals surface area contributed by atoms with Crippen LogP contribution in [-0.2, 0) is 19.6 Å². The molecule has 1 aromatic carbocycles. The third-order valence-corrected chi connectivity index (χ3v) is 6.13. The Morgan fingerprint density at radius 3 is 2.55 bits per heavy atom. The van der Waals surface area contributed by atoms with Gasteiger partial charge in [0.15, 0.2) is 0 Å². The number of ether oxygens (including phenoxy) is 1. The molecule has 0 N–H and O–H groups in total. The van der Waals surface area contributed by atoms with E-state index < -0.39 is 16.0 Å². The van der Waals surface area contributed by atoms with Crippen molar-refractivity contribution in [1.82, 2.24) is 0 Å². The Balaban J connectivity index is 2.47. The normalized spacial score (nSPS) is 11.2. The maximum atomic E-state index is 12.8. The molecule has 0 amide bonds. The Bertz CT molecular complexity index is 739. The molecule has 5 nitrogen and oxygen atoms in total. The van der Waals surface area contributed by atoms with Crippen molar-refractivity contribution in [3.8, 4) is 0 Å². The topological polar surface area (TPSA) is 63.7 Å². The minimum absolute atomic E-state index is 0.194. The van der Waals surface area contributed by atoms with E-state index in [1.807, 2.05) is 6.07 Å². The average Bonchev–Trinajstić information content (AvgIpc) is 3.01. The predicted octanol–water partition coefficient (Wildman–Crippen LogP) is 2.81. The molecule has 0 saturated carbocycles. The highest BCUT2D eigenvalue weighted by molar-refractivity contribution is 7.94. The number of hydrogen-bond acceptors (Lipinski definition) is 5. The zero-order chi connectivity index (χ0) is 16.2. The summed E-state index contributed by atoms with van der Waals surface area (Å²) in [5.41, 5.74) is 1.25. The SMILES string of the molecule is CCOC(=O)CN(c1ccccc1C)S(=O)(=O)c1cccs1. The summed E-state index contributed by atoms with van der Waals surface area (Å²) in [6, 6.07) is 10.2. The van der Waals surface area contributed by atoms with E-state index in [4.69, 9.17) is 4.74 Å². The van der Waals surface area contributed by atoms with Gasteiger partial charge in [0.1, 0.15) is 10.8 Å². The van der Waals surface area contributed by atoms with Crippen molar-refractivity contribution in [2.45, 2.75) is 18.1 Å². The molecule has 0 fully saturated rings. The fraction of sp³-hybridized carbons (Fsp3) is 0.267. The molecule has 1 aromatic heterocycles. The van der Waals surface area contributed by atoms with Gasteiger partial charge in [0.25, 0.3) is 10.0 Å². The molecule has 0 unspecified atom stereocenters. The summed E-state index contributed by atoms with van der Waals surface area (Å²) in [6.45, 7) is 3.35. The van der Waals surface area contributed by atoms with Crippen LogP contribution in [-0.4, -0.2) is 27.5 Å². The molecule has 1 heterocycles. The van der Waals surface area contributed by atoms with E-state index in [1.54, 1.807) is 43.5 Å². The van der Waals surface area contributed by atoms with Gasteiger partial charge in [-0.2, -0.15) is 0 Å². The van der Waals surface area contributed by atoms with Crippen LogP contribution in [0.2, 0.25) is 0 Å². The second-order valence-corrected chi connectivity index (χ2v) is 7.57. The quantitative estimate of drug-likeness (QED) is 0.759. The van der Waals surface area contributed by atoms with Crippen LogP contribution in [0.4, 0.5) is 5.69 Å². The van der Waals surface area contributed by atoms with Crippen LogP contribution < -0.4 is 4.31 Å². The van der Waals surface area contributed by atoms with Gasteiger partial charge in [-0.05, 0) is 36.9 Å². The van der Waals surface area contributed by atoms with Crippen molar-refractivity contribution < 1.29 is 17.9 Å². The molecule has 0 bridgehead atoms. The molecule has 0 saturated heterocycles. The lowest BCUT2D eigenvalue weighted by Gasteiger charge is -2.24. The Labute approximate surface area is 134 Å². The zero-order valence-electron chi connectivity index (χ0n) is 12.4. The first-order chi connectivity index (χ1) is 10.5. The Hall–Kier alpha value is -1.86. The van der Waals surface area contributed by atoms with Crippen molar-refractivity contribution in [1.29, 1.82) is 0 Å². The monoisotopic (exact) mass is 339 g/mol. The number of aryl methyl sites for hydroxylation is 1. The number of anilines is 1. The lowest BCUT2D eigenvalue weighted by Crippen LogP contribution is -2.36. The smallest absolute Gasteiger partial charge is 0.326 e. The number of thiophene rings is 1. The molecule has 0 spiro atoms. The highest BCUT2D eigenvalue weighted by atomic mass is 32.2. The van der Waals surface area contributed by atoms with Crippen LogP contribution in [0.25, 0.3) is 0 Å². The van der Waals surface area contributed by atoms with Gasteiger partial charge >= 0.3 is 5.97 Å². The van der Waals surface area contributed by atoms with Crippen molar-refractivity contribution in [3.63, 3.8) is 0 Å². The summed E-state index contributed by atoms with van der Waals surface area (Å²) in [5.74, 6) is -0.578. The van der Waals surface area contributed by atoms with E-state index in [1.165, 1.54) is 6.07 Å². The Kier molecular flexibility index (Phi) is 5.20. The summed E-state index contributed by atoms with van der Waals surface area (Å²) in [4.78, 5) is 11.8. The second kappa shape index (κ2) is 6.93. The van der Waals surface area contributed by atoms with E-state index in [2.05, 4.69) is 0 Å². The third kappa shape index (κ3) is 3.48. The van der Waals surface area contributed by atoms with Gasteiger partial charge in [-0.15, -0.1) is 11.3 Å². The molecule has 0 aliphatic heterocycles. The number of esters is 1. The predicted molar refractivity (Wildman–Crippen MR) is 86.7 cm³/mol. The number of para-hydroxylation sites is 1. The number of hydrogen-bond donors (Lipinski definition) is 0. The van der Waals surface area contributed by atoms with Gasteiger partial charge in [-0.25, -0.2) is 8.42 Å². The van der Waals surface area contributed by atoms with Crippen LogP contribution in [0.1, 0.15) is 12.5 Å². The van der Waals surface area contributed by atoms with Gasteiger partial charge < -0.3 is 4.74 Å². The highest BCUT2D eigenvalue weighted by Gasteiger charge is 2.29. The summed E-state index contributed by atoms with van der Waals surface area (Å²) in [7, 11) is -3.80. The number of rotatable bonds is 6. The molecule has 7 heteroatoms. The van der Waals surface area contributed by atoms with Gasteiger partial charge in [0.05, 0.1) is 12.3 Å². The maximum Gasteiger partial charge on any atom is 0.326 e. The van der Waals surface area contributed by atoms with Crippen LogP contribution in [0.15, 0.2) is 46.0 Å². The minimum Gasteiger partial charge on any atom is -0.465 e. The molecular weight excluding hydrogens is 322 g/mol. The highest BCUT2D eigenvalue weighted by Crippen LogP contribution is 2.28. The van der Waals surface area contributed by atoms with E-state index in [0.717, 1.165) is 21.2 Å². The molecule has 2 rings (SSSR count). The largest absolute Gasteiger partial charge is 0.465 e. The van der Waals surface area contributed by atoms with E-state index >= 15 is 0 Å². The summed E-state index contributed by atoms with van der Waals surface area (Å²) in [5, 5.41) is 1.69. The van der Waals surface area contributed by atoms with Crippen molar-refractivity contribution >= 4 is 33.0 Å². The van der Waals surface area contributed by atoms with Gasteiger partial charge in [0, 0.05) is 0 Å². The Morgan fingerprint density at radius 2 is 1.95 bits per heavy atom. The average molecular weight is 339 g/mol. The fourth-order valence-corrected chi connectivity index (χ4v) is 4.56. The molecule has 118 valence electrons. The van der Waals surface area contributed by atoms with Crippen LogP contribution in [0.3, 0.4) is 0 Å². The van der Waals surface area contributed by atoms with E-state index in [9.17, 15) is 13.2 Å². The Morgan fingerprint density at radius 1 is 1.23 bits per heavy atom. The fourth-order valence-electron chi connectivity index (χ4n) is 1.99. The first-order valence-electron chi connectivity index (χ1n) is 6.74. The minimum atomic E-state index is -3.80.